The molecule has 0 bridgehead atoms. The van der Waals surface area contributed by atoms with Crippen LogP contribution in [0.25, 0.3) is 0 Å². The van der Waals surface area contributed by atoms with Gasteiger partial charge in [0.1, 0.15) is 5.82 Å². The Kier molecular flexibility index (Phi) is 3.68. The van der Waals surface area contributed by atoms with Crippen molar-refractivity contribution in [1.82, 2.24) is 10.2 Å². The smallest absolute Gasteiger partial charge is 0.317 e. The highest BCUT2D eigenvalue weighted by molar-refractivity contribution is 6.33. The molecule has 4 nitrogen and oxygen atoms in total. The Morgan fingerprint density at radius 1 is 1.53 bits per heavy atom. The van der Waals surface area contributed by atoms with Gasteiger partial charge in [-0.05, 0) is 18.2 Å². The fourth-order valence-electron chi connectivity index (χ4n) is 1.68. The van der Waals surface area contributed by atoms with E-state index in [-0.39, 0.29) is 11.8 Å². The molecular formula is C11H13ClFN3O. The van der Waals surface area contributed by atoms with E-state index in [1.165, 1.54) is 12.1 Å². The van der Waals surface area contributed by atoms with Crippen LogP contribution in [0.1, 0.15) is 0 Å². The number of anilines is 1. The Morgan fingerprint density at radius 3 is 3.00 bits per heavy atom. The van der Waals surface area contributed by atoms with Gasteiger partial charge < -0.3 is 15.5 Å². The van der Waals surface area contributed by atoms with Gasteiger partial charge in [-0.3, -0.25) is 0 Å². The first-order valence-corrected chi connectivity index (χ1v) is 5.76. The predicted molar refractivity (Wildman–Crippen MR) is 64.9 cm³/mol. The number of carbonyl (C=O) groups is 1. The van der Waals surface area contributed by atoms with E-state index in [1.54, 1.807) is 11.0 Å². The summed E-state index contributed by atoms with van der Waals surface area (Å²) >= 11 is 5.86. The number of amides is 2. The van der Waals surface area contributed by atoms with Crippen LogP contribution in [0.4, 0.5) is 14.9 Å². The van der Waals surface area contributed by atoms with Gasteiger partial charge in [0.15, 0.2) is 0 Å². The monoisotopic (exact) mass is 257 g/mol. The Hall–Kier alpha value is -1.49. The lowest BCUT2D eigenvalue weighted by molar-refractivity contribution is 0.219. The van der Waals surface area contributed by atoms with Crippen molar-refractivity contribution >= 4 is 23.3 Å². The number of nitrogens with zero attached hydrogens (tertiary/aromatic N) is 1. The number of hydrogen-bond acceptors (Lipinski definition) is 2. The molecule has 0 saturated carbocycles. The minimum Gasteiger partial charge on any atom is -0.382 e. The largest absolute Gasteiger partial charge is 0.382 e. The van der Waals surface area contributed by atoms with E-state index in [4.69, 9.17) is 11.6 Å². The van der Waals surface area contributed by atoms with E-state index < -0.39 is 0 Å². The van der Waals surface area contributed by atoms with Crippen molar-refractivity contribution < 1.29 is 9.18 Å². The molecule has 0 radical (unpaired) electrons. The third-order valence-corrected chi connectivity index (χ3v) is 2.89. The highest BCUT2D eigenvalue weighted by Crippen LogP contribution is 2.21. The SMILES string of the molecule is O=C1NCCN1CCNc1ccc(F)cc1Cl. The van der Waals surface area contributed by atoms with Crippen molar-refractivity contribution in [3.63, 3.8) is 0 Å². The van der Waals surface area contributed by atoms with E-state index in [9.17, 15) is 9.18 Å². The number of halogens is 2. The minimum atomic E-state index is -0.362. The summed E-state index contributed by atoms with van der Waals surface area (Å²) < 4.78 is 12.8. The van der Waals surface area contributed by atoms with Crippen LogP contribution in [0.2, 0.25) is 5.02 Å². The molecule has 1 saturated heterocycles. The molecule has 1 aliphatic heterocycles. The zero-order valence-electron chi connectivity index (χ0n) is 9.17. The summed E-state index contributed by atoms with van der Waals surface area (Å²) in [5, 5.41) is 6.13. The maximum atomic E-state index is 12.8. The topological polar surface area (TPSA) is 44.4 Å². The molecule has 1 fully saturated rings. The first-order chi connectivity index (χ1) is 8.16. The summed E-state index contributed by atoms with van der Waals surface area (Å²) in [6, 6.07) is 4.14. The average Bonchev–Trinajstić information content (AvgIpc) is 2.68. The molecule has 0 aliphatic carbocycles. The molecule has 0 spiro atoms. The van der Waals surface area contributed by atoms with Crippen LogP contribution in [0.15, 0.2) is 18.2 Å². The van der Waals surface area contributed by atoms with Crippen LogP contribution in [-0.2, 0) is 0 Å². The fourth-order valence-corrected chi connectivity index (χ4v) is 1.92. The molecule has 0 unspecified atom stereocenters. The predicted octanol–water partition coefficient (Wildman–Crippen LogP) is 1.92. The Labute approximate surface area is 104 Å². The molecule has 1 aromatic rings. The number of benzene rings is 1. The van der Waals surface area contributed by atoms with Crippen LogP contribution in [0.3, 0.4) is 0 Å². The van der Waals surface area contributed by atoms with Crippen LogP contribution in [0.5, 0.6) is 0 Å². The molecular weight excluding hydrogens is 245 g/mol. The molecule has 0 atom stereocenters. The Balaban J connectivity index is 1.83. The average molecular weight is 258 g/mol. The third-order valence-electron chi connectivity index (χ3n) is 2.57. The standard InChI is InChI=1S/C11H13ClFN3O/c12-9-7-8(13)1-2-10(9)14-3-5-16-6-4-15-11(16)17/h1-2,7,14H,3-6H2,(H,15,17). The van der Waals surface area contributed by atoms with Gasteiger partial charge in [-0.1, -0.05) is 11.6 Å². The molecule has 2 amide bonds. The lowest BCUT2D eigenvalue weighted by atomic mass is 10.3. The second-order valence-electron chi connectivity index (χ2n) is 3.77. The van der Waals surface area contributed by atoms with E-state index in [0.717, 1.165) is 6.54 Å². The van der Waals surface area contributed by atoms with Crippen molar-refractivity contribution in [2.45, 2.75) is 0 Å². The van der Waals surface area contributed by atoms with E-state index in [0.29, 0.717) is 30.3 Å². The van der Waals surface area contributed by atoms with Crippen molar-refractivity contribution in [2.75, 3.05) is 31.5 Å². The molecule has 17 heavy (non-hydrogen) atoms. The van der Waals surface area contributed by atoms with Crippen molar-refractivity contribution in [1.29, 1.82) is 0 Å². The second-order valence-corrected chi connectivity index (χ2v) is 4.18. The van der Waals surface area contributed by atoms with Gasteiger partial charge in [0, 0.05) is 26.2 Å². The van der Waals surface area contributed by atoms with E-state index >= 15 is 0 Å². The Morgan fingerprint density at radius 2 is 2.35 bits per heavy atom. The van der Waals surface area contributed by atoms with Gasteiger partial charge in [-0.2, -0.15) is 0 Å². The maximum absolute atomic E-state index is 12.8. The van der Waals surface area contributed by atoms with E-state index in [1.807, 2.05) is 0 Å². The number of hydrogen-bond donors (Lipinski definition) is 2. The summed E-state index contributed by atoms with van der Waals surface area (Å²) in [6.45, 7) is 2.59. The van der Waals surface area contributed by atoms with Gasteiger partial charge in [-0.25, -0.2) is 9.18 Å². The lowest BCUT2D eigenvalue weighted by Gasteiger charge is -2.15. The molecule has 0 aromatic heterocycles. The number of nitrogens with one attached hydrogen (secondary N) is 2. The molecule has 2 rings (SSSR count). The maximum Gasteiger partial charge on any atom is 0.317 e. The van der Waals surface area contributed by atoms with Gasteiger partial charge in [0.05, 0.1) is 10.7 Å². The molecule has 1 aliphatic rings. The number of urea groups is 1. The molecule has 92 valence electrons. The third kappa shape index (κ3) is 3.00. The molecule has 1 heterocycles. The Bertz CT molecular complexity index is 427. The normalized spacial score (nSPS) is 14.9. The highest BCUT2D eigenvalue weighted by atomic mass is 35.5. The zero-order chi connectivity index (χ0) is 12.3. The first-order valence-electron chi connectivity index (χ1n) is 5.38. The summed E-state index contributed by atoms with van der Waals surface area (Å²) in [7, 11) is 0. The van der Waals surface area contributed by atoms with E-state index in [2.05, 4.69) is 10.6 Å². The summed E-state index contributed by atoms with van der Waals surface area (Å²) in [6.07, 6.45) is 0. The zero-order valence-corrected chi connectivity index (χ0v) is 9.93. The van der Waals surface area contributed by atoms with Crippen molar-refractivity contribution in [3.8, 4) is 0 Å². The van der Waals surface area contributed by atoms with Crippen LogP contribution in [0, 0.1) is 5.82 Å². The summed E-state index contributed by atoms with van der Waals surface area (Å²) in [4.78, 5) is 13.0. The fraction of sp³-hybridized carbons (Fsp3) is 0.364. The van der Waals surface area contributed by atoms with Gasteiger partial charge in [0.2, 0.25) is 0 Å². The van der Waals surface area contributed by atoms with Crippen LogP contribution >= 0.6 is 11.6 Å². The lowest BCUT2D eigenvalue weighted by Crippen LogP contribution is -2.32. The summed E-state index contributed by atoms with van der Waals surface area (Å²) in [5.41, 5.74) is 0.674. The number of rotatable bonds is 4. The quantitative estimate of drug-likeness (QED) is 0.866. The first kappa shape index (κ1) is 12.0. The molecule has 6 heteroatoms. The van der Waals surface area contributed by atoms with Crippen LogP contribution in [-0.4, -0.2) is 37.1 Å². The molecule has 2 N–H and O–H groups in total. The molecule has 1 aromatic carbocycles. The number of carbonyl (C=O) groups excluding carboxylic acids is 1. The van der Waals surface area contributed by atoms with Crippen molar-refractivity contribution in [3.05, 3.63) is 29.0 Å². The van der Waals surface area contributed by atoms with Gasteiger partial charge >= 0.3 is 6.03 Å². The van der Waals surface area contributed by atoms with Gasteiger partial charge in [-0.15, -0.1) is 0 Å². The van der Waals surface area contributed by atoms with Gasteiger partial charge in [0.25, 0.3) is 0 Å². The summed E-state index contributed by atoms with van der Waals surface area (Å²) in [5.74, 6) is -0.362. The second kappa shape index (κ2) is 5.23. The highest BCUT2D eigenvalue weighted by Gasteiger charge is 2.18. The van der Waals surface area contributed by atoms with Crippen LogP contribution < -0.4 is 10.6 Å². The minimum absolute atomic E-state index is 0.0444. The van der Waals surface area contributed by atoms with Crippen molar-refractivity contribution in [2.24, 2.45) is 0 Å².